The zero-order valence-corrected chi connectivity index (χ0v) is 17.6. The smallest absolute Gasteiger partial charge is 0.234 e. The Kier molecular flexibility index (Phi) is 5.58. The van der Waals surface area contributed by atoms with Crippen LogP contribution in [0.5, 0.6) is 0 Å². The van der Waals surface area contributed by atoms with Gasteiger partial charge >= 0.3 is 0 Å². The van der Waals surface area contributed by atoms with Crippen LogP contribution in [0, 0.1) is 5.92 Å². The number of likely N-dealkylation sites (tertiary alicyclic amines) is 1. The second-order valence-corrected chi connectivity index (χ2v) is 8.64. The molecule has 1 saturated heterocycles. The molecule has 0 unspecified atom stereocenters. The summed E-state index contributed by atoms with van der Waals surface area (Å²) >= 11 is 0. The van der Waals surface area contributed by atoms with Crippen molar-refractivity contribution >= 4 is 5.91 Å². The zero-order chi connectivity index (χ0) is 21.2. The minimum absolute atomic E-state index is 0.0542. The molecule has 4 heteroatoms. The normalized spacial score (nSPS) is 17.7. The van der Waals surface area contributed by atoms with Crippen LogP contribution in [0.3, 0.4) is 0 Å². The van der Waals surface area contributed by atoms with Crippen molar-refractivity contribution in [3.63, 3.8) is 0 Å². The Hall–Kier alpha value is -2.95. The van der Waals surface area contributed by atoms with E-state index in [1.165, 1.54) is 22.3 Å². The molecule has 1 amide bonds. The van der Waals surface area contributed by atoms with Crippen molar-refractivity contribution in [1.82, 2.24) is 10.2 Å². The van der Waals surface area contributed by atoms with Crippen LogP contribution in [0.2, 0.25) is 0 Å². The fourth-order valence-corrected chi connectivity index (χ4v) is 5.07. The Labute approximate surface area is 183 Å². The van der Waals surface area contributed by atoms with E-state index in [2.05, 4.69) is 34.5 Å². The second kappa shape index (κ2) is 8.66. The van der Waals surface area contributed by atoms with Crippen LogP contribution < -0.4 is 5.32 Å². The number of aliphatic hydroxyl groups is 1. The number of piperidine rings is 1. The van der Waals surface area contributed by atoms with Gasteiger partial charge in [-0.15, -0.1) is 0 Å². The summed E-state index contributed by atoms with van der Waals surface area (Å²) in [6.45, 7) is 2.06. The first-order valence-electron chi connectivity index (χ1n) is 11.1. The fraction of sp³-hybridized carbons (Fsp3) is 0.296. The lowest BCUT2D eigenvalue weighted by atomic mass is 9.87. The molecular weight excluding hydrogens is 384 g/mol. The van der Waals surface area contributed by atoms with Gasteiger partial charge in [0, 0.05) is 0 Å². The molecule has 1 aliphatic heterocycles. The predicted molar refractivity (Wildman–Crippen MR) is 122 cm³/mol. The quantitative estimate of drug-likeness (QED) is 0.656. The first kappa shape index (κ1) is 20.0. The van der Waals surface area contributed by atoms with E-state index in [1.807, 2.05) is 54.6 Å². The Morgan fingerprint density at radius 3 is 2.03 bits per heavy atom. The van der Waals surface area contributed by atoms with E-state index in [-0.39, 0.29) is 17.9 Å². The number of nitrogens with one attached hydrogen (secondary N) is 1. The van der Waals surface area contributed by atoms with E-state index in [4.69, 9.17) is 0 Å². The summed E-state index contributed by atoms with van der Waals surface area (Å²) in [5.74, 6) is 0.300. The van der Waals surface area contributed by atoms with Crippen LogP contribution in [0.25, 0.3) is 11.1 Å². The molecule has 3 aromatic rings. The number of amides is 1. The van der Waals surface area contributed by atoms with Crippen molar-refractivity contribution in [1.29, 1.82) is 0 Å². The number of nitrogens with zero attached hydrogens (tertiary/aromatic N) is 1. The average Bonchev–Trinajstić information content (AvgIpc) is 3.13. The topological polar surface area (TPSA) is 52.6 Å². The maximum atomic E-state index is 12.9. The molecule has 0 radical (unpaired) electrons. The molecular formula is C27H28N2O2. The summed E-state index contributed by atoms with van der Waals surface area (Å²) in [7, 11) is 0. The van der Waals surface area contributed by atoms with E-state index >= 15 is 0 Å². The molecule has 1 fully saturated rings. The molecule has 1 aliphatic carbocycles. The first-order valence-corrected chi connectivity index (χ1v) is 11.1. The van der Waals surface area contributed by atoms with Crippen LogP contribution >= 0.6 is 0 Å². The molecule has 0 saturated carbocycles. The number of fused-ring (bicyclic) bond motifs is 3. The molecule has 158 valence electrons. The van der Waals surface area contributed by atoms with Crippen LogP contribution in [0.4, 0.5) is 0 Å². The van der Waals surface area contributed by atoms with E-state index in [0.29, 0.717) is 6.54 Å². The number of rotatable bonds is 5. The Morgan fingerprint density at radius 1 is 0.871 bits per heavy atom. The van der Waals surface area contributed by atoms with E-state index in [1.54, 1.807) is 0 Å². The highest BCUT2D eigenvalue weighted by Crippen LogP contribution is 2.43. The number of hydrogen-bond donors (Lipinski definition) is 2. The standard InChI is InChI=1S/C27H28N2O2/c30-25(18-29-16-14-20(15-17-29)27(31)19-8-2-1-3-9-19)28-26-23-12-6-4-10-21(23)22-11-5-7-13-24(22)26/h1-13,20,26-27,31H,14-18H2,(H,28,30)/t27-/m1/s1. The minimum Gasteiger partial charge on any atom is -0.388 e. The van der Waals surface area contributed by atoms with Crippen molar-refractivity contribution in [2.75, 3.05) is 19.6 Å². The highest BCUT2D eigenvalue weighted by atomic mass is 16.3. The summed E-state index contributed by atoms with van der Waals surface area (Å²) in [6, 6.07) is 26.4. The van der Waals surface area contributed by atoms with E-state index < -0.39 is 6.10 Å². The number of carbonyl (C=O) groups is 1. The van der Waals surface area contributed by atoms with Gasteiger partial charge in [0.25, 0.3) is 0 Å². The molecule has 0 spiro atoms. The number of hydrogen-bond acceptors (Lipinski definition) is 3. The Balaban J connectivity index is 1.20. The highest BCUT2D eigenvalue weighted by Gasteiger charge is 2.31. The van der Waals surface area contributed by atoms with Crippen LogP contribution in [0.1, 0.15) is 41.7 Å². The van der Waals surface area contributed by atoms with Gasteiger partial charge in [-0.3, -0.25) is 9.69 Å². The van der Waals surface area contributed by atoms with Crippen molar-refractivity contribution in [2.45, 2.75) is 25.0 Å². The molecule has 31 heavy (non-hydrogen) atoms. The van der Waals surface area contributed by atoms with Gasteiger partial charge in [0.2, 0.25) is 5.91 Å². The molecule has 2 aliphatic rings. The number of aliphatic hydroxyl groups excluding tert-OH is 1. The third-order valence-electron chi connectivity index (χ3n) is 6.73. The van der Waals surface area contributed by atoms with Crippen LogP contribution in [0.15, 0.2) is 78.9 Å². The molecule has 3 aromatic carbocycles. The maximum Gasteiger partial charge on any atom is 0.234 e. The van der Waals surface area contributed by atoms with Gasteiger partial charge in [0.1, 0.15) is 0 Å². The van der Waals surface area contributed by atoms with E-state index in [9.17, 15) is 9.90 Å². The lowest BCUT2D eigenvalue weighted by molar-refractivity contribution is -0.123. The molecule has 2 N–H and O–H groups in total. The first-order chi connectivity index (χ1) is 15.2. The van der Waals surface area contributed by atoms with Crippen molar-refractivity contribution in [3.05, 3.63) is 95.6 Å². The molecule has 0 aromatic heterocycles. The molecule has 1 heterocycles. The van der Waals surface area contributed by atoms with Gasteiger partial charge in [-0.2, -0.15) is 0 Å². The lowest BCUT2D eigenvalue weighted by Gasteiger charge is -2.34. The van der Waals surface area contributed by atoms with Crippen LogP contribution in [-0.2, 0) is 4.79 Å². The molecule has 5 rings (SSSR count). The van der Waals surface area contributed by atoms with Crippen molar-refractivity contribution in [2.24, 2.45) is 5.92 Å². The van der Waals surface area contributed by atoms with Crippen molar-refractivity contribution in [3.8, 4) is 11.1 Å². The molecule has 4 nitrogen and oxygen atoms in total. The lowest BCUT2D eigenvalue weighted by Crippen LogP contribution is -2.43. The largest absolute Gasteiger partial charge is 0.388 e. The van der Waals surface area contributed by atoms with Gasteiger partial charge in [-0.05, 0) is 59.7 Å². The summed E-state index contributed by atoms with van der Waals surface area (Å²) in [5.41, 5.74) is 5.74. The predicted octanol–water partition coefficient (Wildman–Crippen LogP) is 4.32. The third-order valence-corrected chi connectivity index (χ3v) is 6.73. The SMILES string of the molecule is O=C(CN1CCC([C@H](O)c2ccccc2)CC1)NC1c2ccccc2-c2ccccc21. The molecule has 1 atom stereocenters. The zero-order valence-electron chi connectivity index (χ0n) is 17.6. The summed E-state index contributed by atoms with van der Waals surface area (Å²) in [5, 5.41) is 14.0. The third kappa shape index (κ3) is 4.01. The summed E-state index contributed by atoms with van der Waals surface area (Å²) in [4.78, 5) is 15.1. The van der Waals surface area contributed by atoms with Gasteiger partial charge in [-0.25, -0.2) is 0 Å². The van der Waals surface area contributed by atoms with Gasteiger partial charge in [0.05, 0.1) is 18.7 Å². The van der Waals surface area contributed by atoms with Gasteiger partial charge < -0.3 is 10.4 Å². The Bertz CT molecular complexity index is 1010. The van der Waals surface area contributed by atoms with E-state index in [0.717, 1.165) is 31.5 Å². The Morgan fingerprint density at radius 2 is 1.42 bits per heavy atom. The van der Waals surface area contributed by atoms with Gasteiger partial charge in [-0.1, -0.05) is 78.9 Å². The fourth-order valence-electron chi connectivity index (χ4n) is 5.07. The highest BCUT2D eigenvalue weighted by molar-refractivity contribution is 5.84. The number of carbonyl (C=O) groups excluding carboxylic acids is 1. The second-order valence-electron chi connectivity index (χ2n) is 8.64. The summed E-state index contributed by atoms with van der Waals surface area (Å²) < 4.78 is 0. The van der Waals surface area contributed by atoms with Crippen LogP contribution in [-0.4, -0.2) is 35.5 Å². The van der Waals surface area contributed by atoms with Gasteiger partial charge in [0.15, 0.2) is 0 Å². The number of benzene rings is 3. The monoisotopic (exact) mass is 412 g/mol. The summed E-state index contributed by atoms with van der Waals surface area (Å²) in [6.07, 6.45) is 1.38. The average molecular weight is 413 g/mol. The van der Waals surface area contributed by atoms with Crippen molar-refractivity contribution < 1.29 is 9.90 Å². The minimum atomic E-state index is -0.427. The molecule has 0 bridgehead atoms. The maximum absolute atomic E-state index is 12.9.